The molecule has 1 aliphatic rings. The maximum Gasteiger partial charge on any atom is 0.251 e. The summed E-state index contributed by atoms with van der Waals surface area (Å²) in [5.74, 6) is -0.514. The van der Waals surface area contributed by atoms with Crippen molar-refractivity contribution in [2.24, 2.45) is 0 Å². The highest BCUT2D eigenvalue weighted by atomic mass is 19.1. The summed E-state index contributed by atoms with van der Waals surface area (Å²) in [6, 6.07) is 14.1. The molecule has 0 saturated carbocycles. The lowest BCUT2D eigenvalue weighted by atomic mass is 9.74. The van der Waals surface area contributed by atoms with E-state index < -0.39 is 0 Å². The van der Waals surface area contributed by atoms with Crippen LogP contribution in [0.25, 0.3) is 0 Å². The van der Waals surface area contributed by atoms with Crippen LogP contribution in [0.5, 0.6) is 0 Å². The van der Waals surface area contributed by atoms with Crippen LogP contribution in [0.3, 0.4) is 0 Å². The molecule has 2 aromatic rings. The van der Waals surface area contributed by atoms with Gasteiger partial charge in [-0.1, -0.05) is 29.8 Å². The Balaban J connectivity index is 1.76. The van der Waals surface area contributed by atoms with Crippen LogP contribution in [0.2, 0.25) is 0 Å². The number of carbonyl (C=O) groups excluding carboxylic acids is 1. The largest absolute Gasteiger partial charge is 0.381 e. The summed E-state index contributed by atoms with van der Waals surface area (Å²) in [7, 11) is 0. The molecule has 2 aromatic carbocycles. The van der Waals surface area contributed by atoms with Crippen molar-refractivity contribution in [2.75, 3.05) is 19.8 Å². The van der Waals surface area contributed by atoms with Crippen molar-refractivity contribution in [3.8, 4) is 0 Å². The standard InChI is InChI=1S/C20H22FNO2/c1-15-2-6-17(7-3-15)20(10-12-24-13-11-20)14-22-19(23)16-4-8-18(21)9-5-16/h2-9H,10-14H2,1H3,(H,22,23). The molecule has 1 saturated heterocycles. The Hall–Kier alpha value is -2.20. The summed E-state index contributed by atoms with van der Waals surface area (Å²) in [5, 5.41) is 3.03. The van der Waals surface area contributed by atoms with Gasteiger partial charge in [-0.25, -0.2) is 4.39 Å². The first-order valence-corrected chi connectivity index (χ1v) is 8.28. The fourth-order valence-electron chi connectivity index (χ4n) is 3.19. The van der Waals surface area contributed by atoms with Crippen molar-refractivity contribution in [3.63, 3.8) is 0 Å². The van der Waals surface area contributed by atoms with Crippen molar-refractivity contribution in [1.29, 1.82) is 0 Å². The van der Waals surface area contributed by atoms with Crippen LogP contribution in [-0.4, -0.2) is 25.7 Å². The van der Waals surface area contributed by atoms with E-state index in [0.29, 0.717) is 25.3 Å². The molecule has 0 bridgehead atoms. The number of aryl methyl sites for hydroxylation is 1. The van der Waals surface area contributed by atoms with E-state index in [2.05, 4.69) is 36.5 Å². The predicted molar refractivity (Wildman–Crippen MR) is 91.6 cm³/mol. The first-order valence-electron chi connectivity index (χ1n) is 8.28. The Morgan fingerprint density at radius 1 is 1.08 bits per heavy atom. The lowest BCUT2D eigenvalue weighted by Gasteiger charge is -2.38. The highest BCUT2D eigenvalue weighted by Gasteiger charge is 2.34. The fourth-order valence-corrected chi connectivity index (χ4v) is 3.19. The van der Waals surface area contributed by atoms with Crippen LogP contribution < -0.4 is 5.32 Å². The number of carbonyl (C=O) groups is 1. The number of nitrogens with one attached hydrogen (secondary N) is 1. The zero-order chi connectivity index (χ0) is 17.0. The van der Waals surface area contributed by atoms with Crippen molar-refractivity contribution in [3.05, 3.63) is 71.0 Å². The highest BCUT2D eigenvalue weighted by Crippen LogP contribution is 2.34. The van der Waals surface area contributed by atoms with E-state index in [1.165, 1.54) is 35.4 Å². The molecule has 0 unspecified atom stereocenters. The van der Waals surface area contributed by atoms with Gasteiger partial charge in [0.15, 0.2) is 0 Å². The van der Waals surface area contributed by atoms with Crippen LogP contribution >= 0.6 is 0 Å². The first kappa shape index (κ1) is 16.7. The molecule has 0 aliphatic carbocycles. The molecule has 0 aromatic heterocycles. The SMILES string of the molecule is Cc1ccc(C2(CNC(=O)c3ccc(F)cc3)CCOCC2)cc1. The van der Waals surface area contributed by atoms with Gasteiger partial charge in [-0.2, -0.15) is 0 Å². The molecule has 1 aliphatic heterocycles. The number of rotatable bonds is 4. The van der Waals surface area contributed by atoms with Crippen molar-refractivity contribution in [2.45, 2.75) is 25.2 Å². The molecule has 3 nitrogen and oxygen atoms in total. The van der Waals surface area contributed by atoms with Gasteiger partial charge in [0.1, 0.15) is 5.82 Å². The number of benzene rings is 2. The molecule has 1 N–H and O–H groups in total. The van der Waals surface area contributed by atoms with Gasteiger partial charge in [-0.05, 0) is 49.6 Å². The second kappa shape index (κ2) is 7.14. The molecule has 0 atom stereocenters. The molecule has 1 amide bonds. The summed E-state index contributed by atoms with van der Waals surface area (Å²) in [4.78, 5) is 12.4. The van der Waals surface area contributed by atoms with Gasteiger partial charge in [0.05, 0.1) is 0 Å². The summed E-state index contributed by atoms with van der Waals surface area (Å²) in [6.07, 6.45) is 1.75. The van der Waals surface area contributed by atoms with E-state index in [9.17, 15) is 9.18 Å². The summed E-state index contributed by atoms with van der Waals surface area (Å²) in [5.41, 5.74) is 2.82. The third-order valence-corrected chi connectivity index (χ3v) is 4.81. The van der Waals surface area contributed by atoms with Crippen LogP contribution in [0.15, 0.2) is 48.5 Å². The number of ether oxygens (including phenoxy) is 1. The molecule has 24 heavy (non-hydrogen) atoms. The quantitative estimate of drug-likeness (QED) is 0.931. The van der Waals surface area contributed by atoms with Crippen molar-refractivity contribution in [1.82, 2.24) is 5.32 Å². The summed E-state index contributed by atoms with van der Waals surface area (Å²) >= 11 is 0. The number of hydrogen-bond donors (Lipinski definition) is 1. The van der Waals surface area contributed by atoms with E-state index in [-0.39, 0.29) is 17.1 Å². The molecule has 0 spiro atoms. The molecule has 126 valence electrons. The maximum absolute atomic E-state index is 13.0. The van der Waals surface area contributed by atoms with E-state index in [1.807, 2.05) is 0 Å². The van der Waals surface area contributed by atoms with E-state index in [1.54, 1.807) is 0 Å². The zero-order valence-electron chi connectivity index (χ0n) is 13.8. The average molecular weight is 327 g/mol. The Morgan fingerprint density at radius 2 is 1.71 bits per heavy atom. The van der Waals surface area contributed by atoms with Gasteiger partial charge >= 0.3 is 0 Å². The molecule has 1 heterocycles. The van der Waals surface area contributed by atoms with Crippen LogP contribution in [0.1, 0.15) is 34.3 Å². The maximum atomic E-state index is 13.0. The van der Waals surface area contributed by atoms with Gasteiger partial charge in [-0.15, -0.1) is 0 Å². The normalized spacial score (nSPS) is 16.6. The lowest BCUT2D eigenvalue weighted by molar-refractivity contribution is 0.0487. The Kier molecular flexibility index (Phi) is 4.95. The number of amides is 1. The van der Waals surface area contributed by atoms with Gasteiger partial charge in [-0.3, -0.25) is 4.79 Å². The smallest absolute Gasteiger partial charge is 0.251 e. The minimum atomic E-state index is -0.341. The van der Waals surface area contributed by atoms with Gasteiger partial charge < -0.3 is 10.1 Å². The minimum absolute atomic E-state index is 0.109. The highest BCUT2D eigenvalue weighted by molar-refractivity contribution is 5.94. The molecule has 3 rings (SSSR count). The Morgan fingerprint density at radius 3 is 2.33 bits per heavy atom. The van der Waals surface area contributed by atoms with E-state index in [4.69, 9.17) is 4.74 Å². The molecule has 4 heteroatoms. The number of halogens is 1. The van der Waals surface area contributed by atoms with Gasteiger partial charge in [0.2, 0.25) is 0 Å². The Labute approximate surface area is 141 Å². The van der Waals surface area contributed by atoms with E-state index >= 15 is 0 Å². The van der Waals surface area contributed by atoms with E-state index in [0.717, 1.165) is 12.8 Å². The molecule has 0 radical (unpaired) electrons. The first-order chi connectivity index (χ1) is 11.6. The van der Waals surface area contributed by atoms with Crippen LogP contribution in [-0.2, 0) is 10.2 Å². The topological polar surface area (TPSA) is 38.3 Å². The van der Waals surface area contributed by atoms with Gasteiger partial charge in [0.25, 0.3) is 5.91 Å². The summed E-state index contributed by atoms with van der Waals surface area (Å²) < 4.78 is 18.5. The third-order valence-electron chi connectivity index (χ3n) is 4.81. The molecular formula is C20H22FNO2. The van der Waals surface area contributed by atoms with Crippen LogP contribution in [0, 0.1) is 12.7 Å². The van der Waals surface area contributed by atoms with Crippen LogP contribution in [0.4, 0.5) is 4.39 Å². The monoisotopic (exact) mass is 327 g/mol. The predicted octanol–water partition coefficient (Wildman–Crippen LogP) is 3.61. The average Bonchev–Trinajstić information content (AvgIpc) is 2.62. The van der Waals surface area contributed by atoms with Crippen molar-refractivity contribution >= 4 is 5.91 Å². The molecule has 1 fully saturated rings. The number of hydrogen-bond acceptors (Lipinski definition) is 2. The van der Waals surface area contributed by atoms with Crippen molar-refractivity contribution < 1.29 is 13.9 Å². The zero-order valence-corrected chi connectivity index (χ0v) is 13.8. The third kappa shape index (κ3) is 3.65. The minimum Gasteiger partial charge on any atom is -0.381 e. The second-order valence-electron chi connectivity index (χ2n) is 6.45. The lowest BCUT2D eigenvalue weighted by Crippen LogP contribution is -2.44. The fraction of sp³-hybridized carbons (Fsp3) is 0.350. The van der Waals surface area contributed by atoms with Gasteiger partial charge in [0, 0.05) is 30.7 Å². The molecular weight excluding hydrogens is 305 g/mol. The Bertz CT molecular complexity index is 689. The second-order valence-corrected chi connectivity index (χ2v) is 6.45. The summed E-state index contributed by atoms with van der Waals surface area (Å²) in [6.45, 7) is 4.01.